The highest BCUT2D eigenvalue weighted by atomic mass is 19.4. The first-order valence-electron chi connectivity index (χ1n) is 5.25. The molecule has 0 bridgehead atoms. The van der Waals surface area contributed by atoms with Crippen molar-refractivity contribution in [1.29, 1.82) is 0 Å². The first-order chi connectivity index (χ1) is 8.89. The van der Waals surface area contributed by atoms with Gasteiger partial charge in [0.25, 0.3) is 5.78 Å². The second-order valence-electron chi connectivity index (χ2n) is 3.77. The molecule has 6 heteroatoms. The van der Waals surface area contributed by atoms with Crippen LogP contribution in [-0.4, -0.2) is 22.1 Å². The summed E-state index contributed by atoms with van der Waals surface area (Å²) < 4.78 is 37.0. The van der Waals surface area contributed by atoms with Gasteiger partial charge in [0.05, 0.1) is 5.69 Å². The van der Waals surface area contributed by atoms with E-state index in [1.807, 2.05) is 0 Å². The number of Topliss-reactive ketones (excluding diaryl/α,β-unsaturated/α-hetero) is 1. The molecule has 0 spiro atoms. The van der Waals surface area contributed by atoms with Crippen molar-refractivity contribution in [2.75, 3.05) is 0 Å². The first-order valence-corrected chi connectivity index (χ1v) is 5.25. The summed E-state index contributed by atoms with van der Waals surface area (Å²) >= 11 is 0. The third-order valence-corrected chi connectivity index (χ3v) is 2.46. The fourth-order valence-electron chi connectivity index (χ4n) is 1.57. The number of rotatable bonds is 2. The van der Waals surface area contributed by atoms with Gasteiger partial charge in [-0.05, 0) is 30.3 Å². The number of aromatic nitrogens is 1. The second-order valence-corrected chi connectivity index (χ2v) is 3.77. The maximum absolute atomic E-state index is 12.3. The molecule has 19 heavy (non-hydrogen) atoms. The lowest BCUT2D eigenvalue weighted by Gasteiger charge is -2.08. The number of phenolic OH excluding ortho intramolecular Hbond substituents is 1. The number of hydrogen-bond acceptors (Lipinski definition) is 3. The molecule has 1 N–H and O–H groups in total. The molecule has 3 nitrogen and oxygen atoms in total. The van der Waals surface area contributed by atoms with Crippen molar-refractivity contribution in [2.45, 2.75) is 6.18 Å². The molecule has 1 aromatic carbocycles. The van der Waals surface area contributed by atoms with E-state index in [4.69, 9.17) is 0 Å². The number of aromatic hydroxyl groups is 1. The molecule has 0 saturated carbocycles. The maximum atomic E-state index is 12.3. The minimum absolute atomic E-state index is 0.0794. The van der Waals surface area contributed by atoms with E-state index >= 15 is 0 Å². The van der Waals surface area contributed by atoms with Gasteiger partial charge in [-0.25, -0.2) is 0 Å². The zero-order valence-electron chi connectivity index (χ0n) is 9.48. The zero-order chi connectivity index (χ0) is 14.0. The van der Waals surface area contributed by atoms with Crippen LogP contribution in [0.3, 0.4) is 0 Å². The number of phenols is 1. The topological polar surface area (TPSA) is 50.2 Å². The van der Waals surface area contributed by atoms with Gasteiger partial charge in [-0.3, -0.25) is 9.78 Å². The Morgan fingerprint density at radius 1 is 1.16 bits per heavy atom. The van der Waals surface area contributed by atoms with Gasteiger partial charge in [-0.2, -0.15) is 13.2 Å². The molecule has 1 heterocycles. The molecule has 98 valence electrons. The van der Waals surface area contributed by atoms with Crippen molar-refractivity contribution in [2.24, 2.45) is 0 Å². The smallest absolute Gasteiger partial charge is 0.454 e. The third-order valence-electron chi connectivity index (χ3n) is 2.46. The molecular weight excluding hydrogens is 259 g/mol. The normalized spacial score (nSPS) is 11.3. The molecule has 0 atom stereocenters. The van der Waals surface area contributed by atoms with E-state index in [0.717, 1.165) is 18.2 Å². The van der Waals surface area contributed by atoms with Gasteiger partial charge in [-0.1, -0.05) is 6.07 Å². The predicted octanol–water partition coefficient (Wildman–Crippen LogP) is 3.20. The Hall–Kier alpha value is -2.37. The van der Waals surface area contributed by atoms with Crippen LogP contribution < -0.4 is 0 Å². The van der Waals surface area contributed by atoms with E-state index in [2.05, 4.69) is 4.98 Å². The summed E-state index contributed by atoms with van der Waals surface area (Å²) in [6, 6.07) is 7.73. The number of alkyl halides is 3. The van der Waals surface area contributed by atoms with Crippen LogP contribution in [0.25, 0.3) is 11.3 Å². The standard InChI is InChI=1S/C13H8F3NO2/c14-13(15,16)12(19)8-4-5-11(18)9(7-8)10-3-1-2-6-17-10/h1-7,18H. The first kappa shape index (κ1) is 13.1. The monoisotopic (exact) mass is 267 g/mol. The molecule has 0 aliphatic heterocycles. The van der Waals surface area contributed by atoms with Crippen LogP contribution in [0, 0.1) is 0 Å². The van der Waals surface area contributed by atoms with Gasteiger partial charge < -0.3 is 5.11 Å². The molecule has 0 fully saturated rings. The quantitative estimate of drug-likeness (QED) is 0.850. The molecule has 0 aliphatic rings. The summed E-state index contributed by atoms with van der Waals surface area (Å²) in [6.45, 7) is 0. The molecule has 0 aliphatic carbocycles. The Labute approximate surface area is 106 Å². The minimum Gasteiger partial charge on any atom is -0.507 e. The highest BCUT2D eigenvalue weighted by Gasteiger charge is 2.39. The van der Waals surface area contributed by atoms with Crippen LogP contribution in [0.1, 0.15) is 10.4 Å². The fraction of sp³-hybridized carbons (Fsp3) is 0.0769. The Morgan fingerprint density at radius 3 is 2.47 bits per heavy atom. The summed E-state index contributed by atoms with van der Waals surface area (Å²) in [4.78, 5) is 15.1. The molecular formula is C13H8F3NO2. The van der Waals surface area contributed by atoms with Crippen molar-refractivity contribution in [3.05, 3.63) is 48.2 Å². The average molecular weight is 267 g/mol. The average Bonchev–Trinajstić information content (AvgIpc) is 2.38. The SMILES string of the molecule is O=C(c1ccc(O)c(-c2ccccn2)c1)C(F)(F)F. The van der Waals surface area contributed by atoms with Gasteiger partial charge in [0, 0.05) is 17.3 Å². The number of carbonyl (C=O) groups excluding carboxylic acids is 1. The summed E-state index contributed by atoms with van der Waals surface area (Å²) in [6.07, 6.45) is -3.51. The molecule has 0 radical (unpaired) electrons. The zero-order valence-corrected chi connectivity index (χ0v) is 9.48. The minimum atomic E-state index is -4.95. The summed E-state index contributed by atoms with van der Waals surface area (Å²) in [5.41, 5.74) is -0.168. The van der Waals surface area contributed by atoms with E-state index in [1.54, 1.807) is 12.1 Å². The summed E-state index contributed by atoms with van der Waals surface area (Å²) in [5.74, 6) is -2.19. The van der Waals surface area contributed by atoms with Gasteiger partial charge in [0.1, 0.15) is 5.75 Å². The van der Waals surface area contributed by atoms with E-state index < -0.39 is 17.5 Å². The second kappa shape index (κ2) is 4.72. The number of hydrogen-bond donors (Lipinski definition) is 1. The third kappa shape index (κ3) is 2.73. The Bertz CT molecular complexity index is 609. The predicted molar refractivity (Wildman–Crippen MR) is 61.7 cm³/mol. The van der Waals surface area contributed by atoms with Crippen molar-refractivity contribution in [1.82, 2.24) is 4.98 Å². The van der Waals surface area contributed by atoms with Crippen molar-refractivity contribution < 1.29 is 23.1 Å². The van der Waals surface area contributed by atoms with Crippen molar-refractivity contribution >= 4 is 5.78 Å². The number of halogens is 3. The van der Waals surface area contributed by atoms with Gasteiger partial charge in [0.2, 0.25) is 0 Å². The van der Waals surface area contributed by atoms with Crippen molar-refractivity contribution in [3.8, 4) is 17.0 Å². The van der Waals surface area contributed by atoms with Gasteiger partial charge in [-0.15, -0.1) is 0 Å². The Balaban J connectivity index is 2.50. The van der Waals surface area contributed by atoms with Gasteiger partial charge >= 0.3 is 6.18 Å². The maximum Gasteiger partial charge on any atom is 0.454 e. The van der Waals surface area contributed by atoms with Gasteiger partial charge in [0.15, 0.2) is 0 Å². The Kier molecular flexibility index (Phi) is 3.25. The molecule has 0 unspecified atom stereocenters. The highest BCUT2D eigenvalue weighted by molar-refractivity contribution is 6.01. The Morgan fingerprint density at radius 2 is 1.89 bits per heavy atom. The van der Waals surface area contributed by atoms with E-state index in [0.29, 0.717) is 0 Å². The largest absolute Gasteiger partial charge is 0.507 e. The number of benzene rings is 1. The number of carbonyl (C=O) groups is 1. The highest BCUT2D eigenvalue weighted by Crippen LogP contribution is 2.30. The van der Waals surface area contributed by atoms with Crippen LogP contribution in [0.4, 0.5) is 13.2 Å². The number of pyridine rings is 1. The summed E-state index contributed by atoms with van der Waals surface area (Å²) in [5, 5.41) is 9.64. The number of nitrogens with zero attached hydrogens (tertiary/aromatic N) is 1. The molecule has 1 aromatic heterocycles. The lowest BCUT2D eigenvalue weighted by Crippen LogP contribution is -2.22. The van der Waals surface area contributed by atoms with Crippen LogP contribution >= 0.6 is 0 Å². The van der Waals surface area contributed by atoms with Crippen LogP contribution in [0.15, 0.2) is 42.6 Å². The number of ketones is 1. The van der Waals surface area contributed by atoms with Crippen LogP contribution in [-0.2, 0) is 0 Å². The lowest BCUT2D eigenvalue weighted by molar-refractivity contribution is -0.0885. The fourth-order valence-corrected chi connectivity index (χ4v) is 1.57. The van der Waals surface area contributed by atoms with Crippen LogP contribution in [0.5, 0.6) is 5.75 Å². The molecule has 2 aromatic rings. The van der Waals surface area contributed by atoms with E-state index in [-0.39, 0.29) is 17.0 Å². The van der Waals surface area contributed by atoms with E-state index in [9.17, 15) is 23.1 Å². The lowest BCUT2D eigenvalue weighted by atomic mass is 10.0. The molecule has 0 saturated heterocycles. The molecule has 2 rings (SSSR count). The van der Waals surface area contributed by atoms with Crippen molar-refractivity contribution in [3.63, 3.8) is 0 Å². The molecule has 0 amide bonds. The summed E-state index contributed by atoms with van der Waals surface area (Å²) in [7, 11) is 0. The van der Waals surface area contributed by atoms with E-state index in [1.165, 1.54) is 12.3 Å². The van der Waals surface area contributed by atoms with Crippen LogP contribution in [0.2, 0.25) is 0 Å².